The summed E-state index contributed by atoms with van der Waals surface area (Å²) in [6.07, 6.45) is -3.37. The van der Waals surface area contributed by atoms with Gasteiger partial charge in [-0.1, -0.05) is 0 Å². The zero-order valence-corrected chi connectivity index (χ0v) is 12.1. The van der Waals surface area contributed by atoms with Crippen LogP contribution in [0.1, 0.15) is 6.42 Å². The minimum atomic E-state index is -4.47. The average Bonchev–Trinajstić information content (AvgIpc) is 2.72. The first-order valence-corrected chi connectivity index (χ1v) is 6.11. The van der Waals surface area contributed by atoms with Gasteiger partial charge in [0, 0.05) is 13.0 Å². The maximum Gasteiger partial charge on any atom is 0.406 e. The molecule has 0 radical (unpaired) electrons. The van der Waals surface area contributed by atoms with Crippen molar-refractivity contribution in [1.29, 1.82) is 0 Å². The lowest BCUT2D eigenvalue weighted by molar-refractivity contribution is -0.157. The Morgan fingerprint density at radius 3 is 2.68 bits per heavy atom. The second-order valence-electron chi connectivity index (χ2n) is 4.75. The van der Waals surface area contributed by atoms with Crippen LogP contribution in [0.25, 0.3) is 0 Å². The second-order valence-corrected chi connectivity index (χ2v) is 4.75. The Morgan fingerprint density at radius 1 is 1.45 bits per heavy atom. The minimum absolute atomic E-state index is 0. The minimum Gasteiger partial charge on any atom is -0.384 e. The van der Waals surface area contributed by atoms with Gasteiger partial charge in [0.05, 0.1) is 17.8 Å². The van der Waals surface area contributed by atoms with Crippen molar-refractivity contribution in [2.45, 2.75) is 12.6 Å². The van der Waals surface area contributed by atoms with Gasteiger partial charge >= 0.3 is 6.18 Å². The van der Waals surface area contributed by atoms with Crippen LogP contribution in [0.3, 0.4) is 0 Å². The largest absolute Gasteiger partial charge is 0.406 e. The molecule has 1 aliphatic rings. The molecule has 22 heavy (non-hydrogen) atoms. The summed E-state index contributed by atoms with van der Waals surface area (Å²) in [5.74, 6) is -1.72. The molecule has 1 saturated heterocycles. The van der Waals surface area contributed by atoms with Crippen LogP contribution in [0.5, 0.6) is 0 Å². The summed E-state index contributed by atoms with van der Waals surface area (Å²) in [6.45, 7) is -1.58. The number of rotatable bonds is 3. The molecule has 122 valence electrons. The number of pyridine rings is 1. The van der Waals surface area contributed by atoms with Gasteiger partial charge in [0.25, 0.3) is 0 Å². The number of halogens is 4. The number of carbonyl (C=O) groups is 2. The van der Waals surface area contributed by atoms with E-state index in [4.69, 9.17) is 5.73 Å². The van der Waals surface area contributed by atoms with Crippen LogP contribution in [0.4, 0.5) is 24.7 Å². The maximum atomic E-state index is 12.3. The van der Waals surface area contributed by atoms with Gasteiger partial charge in [-0.15, -0.1) is 12.4 Å². The Bertz CT molecular complexity index is 550. The smallest absolute Gasteiger partial charge is 0.384 e. The highest BCUT2D eigenvalue weighted by Gasteiger charge is 2.40. The molecule has 1 aromatic rings. The third-order valence-corrected chi connectivity index (χ3v) is 3.01. The number of carbonyl (C=O) groups excluding carboxylic acids is 2. The Kier molecular flexibility index (Phi) is 5.59. The van der Waals surface area contributed by atoms with Crippen LogP contribution in [-0.4, -0.2) is 41.0 Å². The number of nitrogens with one attached hydrogen (secondary N) is 1. The second kappa shape index (κ2) is 6.82. The SMILES string of the molecule is Cl.Nc1ccc(NC(=O)C2CC(=O)N(CC(F)(F)F)C2)cn1. The fraction of sp³-hybridized carbons (Fsp3) is 0.417. The number of aromatic nitrogens is 1. The van der Waals surface area contributed by atoms with E-state index in [1.165, 1.54) is 18.3 Å². The lowest BCUT2D eigenvalue weighted by Crippen LogP contribution is -2.36. The zero-order chi connectivity index (χ0) is 15.6. The van der Waals surface area contributed by atoms with Gasteiger partial charge in [0.1, 0.15) is 12.4 Å². The number of amides is 2. The predicted molar refractivity (Wildman–Crippen MR) is 75.3 cm³/mol. The molecule has 2 heterocycles. The Labute approximate surface area is 130 Å². The molecule has 6 nitrogen and oxygen atoms in total. The van der Waals surface area contributed by atoms with Gasteiger partial charge in [0.2, 0.25) is 11.8 Å². The highest BCUT2D eigenvalue weighted by atomic mass is 35.5. The van der Waals surface area contributed by atoms with Crippen LogP contribution < -0.4 is 11.1 Å². The highest BCUT2D eigenvalue weighted by molar-refractivity contribution is 5.97. The third kappa shape index (κ3) is 4.76. The molecule has 10 heteroatoms. The van der Waals surface area contributed by atoms with E-state index in [1.807, 2.05) is 0 Å². The number of nitrogens with zero attached hydrogens (tertiary/aromatic N) is 2. The van der Waals surface area contributed by atoms with Crippen molar-refractivity contribution in [2.75, 3.05) is 24.1 Å². The number of likely N-dealkylation sites (tertiary alicyclic amines) is 1. The lowest BCUT2D eigenvalue weighted by Gasteiger charge is -2.18. The van der Waals surface area contributed by atoms with E-state index in [0.717, 1.165) is 0 Å². The number of anilines is 2. The molecule has 3 N–H and O–H groups in total. The van der Waals surface area contributed by atoms with E-state index in [9.17, 15) is 22.8 Å². The molecule has 1 atom stereocenters. The Morgan fingerprint density at radius 2 is 2.14 bits per heavy atom. The molecule has 0 saturated carbocycles. The summed E-state index contributed by atoms with van der Waals surface area (Å²) in [6, 6.07) is 3.00. The van der Waals surface area contributed by atoms with Crippen LogP contribution in [0.15, 0.2) is 18.3 Å². The molecule has 2 amide bonds. The molecule has 0 bridgehead atoms. The van der Waals surface area contributed by atoms with E-state index in [-0.39, 0.29) is 31.2 Å². The molecule has 0 spiro atoms. The highest BCUT2D eigenvalue weighted by Crippen LogP contribution is 2.24. The predicted octanol–water partition coefficient (Wildman–Crippen LogP) is 1.43. The molecule has 2 rings (SSSR count). The van der Waals surface area contributed by atoms with Crippen molar-refractivity contribution < 1.29 is 22.8 Å². The van der Waals surface area contributed by atoms with Gasteiger partial charge in [0.15, 0.2) is 0 Å². The van der Waals surface area contributed by atoms with Crippen molar-refractivity contribution in [2.24, 2.45) is 5.92 Å². The van der Waals surface area contributed by atoms with E-state index in [0.29, 0.717) is 10.6 Å². The first-order valence-electron chi connectivity index (χ1n) is 6.11. The number of nitrogen functional groups attached to an aromatic ring is 1. The molecule has 1 aliphatic heterocycles. The quantitative estimate of drug-likeness (QED) is 0.872. The summed E-state index contributed by atoms with van der Waals surface area (Å²) < 4.78 is 36.8. The maximum absolute atomic E-state index is 12.3. The van der Waals surface area contributed by atoms with E-state index >= 15 is 0 Å². The summed E-state index contributed by atoms with van der Waals surface area (Å²) in [5.41, 5.74) is 5.76. The molecule has 1 fully saturated rings. The van der Waals surface area contributed by atoms with Gasteiger partial charge in [-0.25, -0.2) is 4.98 Å². The number of alkyl halides is 3. The van der Waals surface area contributed by atoms with Crippen LogP contribution in [-0.2, 0) is 9.59 Å². The molecule has 0 aliphatic carbocycles. The molecule has 1 aromatic heterocycles. The first-order chi connectivity index (χ1) is 9.74. The molecular formula is C12H14ClF3N4O2. The fourth-order valence-electron chi connectivity index (χ4n) is 2.04. The van der Waals surface area contributed by atoms with Crippen molar-refractivity contribution in [3.05, 3.63) is 18.3 Å². The zero-order valence-electron chi connectivity index (χ0n) is 11.3. The summed E-state index contributed by atoms with van der Waals surface area (Å²) in [4.78, 5) is 27.8. The van der Waals surface area contributed by atoms with E-state index in [2.05, 4.69) is 10.3 Å². The average molecular weight is 339 g/mol. The van der Waals surface area contributed by atoms with Gasteiger partial charge in [-0.05, 0) is 12.1 Å². The molecule has 0 aromatic carbocycles. The van der Waals surface area contributed by atoms with E-state index in [1.54, 1.807) is 0 Å². The monoisotopic (exact) mass is 338 g/mol. The number of hydrogen-bond acceptors (Lipinski definition) is 4. The van der Waals surface area contributed by atoms with Crippen LogP contribution in [0.2, 0.25) is 0 Å². The topological polar surface area (TPSA) is 88.3 Å². The van der Waals surface area contributed by atoms with Gasteiger partial charge < -0.3 is 16.0 Å². The van der Waals surface area contributed by atoms with Crippen molar-refractivity contribution in [3.63, 3.8) is 0 Å². The first kappa shape index (κ1) is 18.0. The Balaban J connectivity index is 0.00000242. The van der Waals surface area contributed by atoms with Crippen molar-refractivity contribution in [3.8, 4) is 0 Å². The van der Waals surface area contributed by atoms with E-state index < -0.39 is 30.5 Å². The van der Waals surface area contributed by atoms with Gasteiger partial charge in [-0.3, -0.25) is 9.59 Å². The summed E-state index contributed by atoms with van der Waals surface area (Å²) >= 11 is 0. The van der Waals surface area contributed by atoms with Gasteiger partial charge in [-0.2, -0.15) is 13.2 Å². The molecular weight excluding hydrogens is 325 g/mol. The molecule has 1 unspecified atom stereocenters. The third-order valence-electron chi connectivity index (χ3n) is 3.01. The normalized spacial score (nSPS) is 18.0. The van der Waals surface area contributed by atoms with Crippen molar-refractivity contribution >= 4 is 35.7 Å². The fourth-order valence-corrected chi connectivity index (χ4v) is 2.04. The number of nitrogens with two attached hydrogens (primary N) is 1. The lowest BCUT2D eigenvalue weighted by atomic mass is 10.1. The number of hydrogen-bond donors (Lipinski definition) is 2. The van der Waals surface area contributed by atoms with Crippen LogP contribution in [0, 0.1) is 5.92 Å². The van der Waals surface area contributed by atoms with Crippen LogP contribution >= 0.6 is 12.4 Å². The van der Waals surface area contributed by atoms with Crippen molar-refractivity contribution in [1.82, 2.24) is 9.88 Å². The summed E-state index contributed by atoms with van der Waals surface area (Å²) in [7, 11) is 0. The Hall–Kier alpha value is -2.03. The summed E-state index contributed by atoms with van der Waals surface area (Å²) in [5, 5.41) is 2.50. The standard InChI is InChI=1S/C12H13F3N4O2.ClH/c13-12(14,15)6-19-5-7(3-10(19)20)11(21)18-8-1-2-9(16)17-4-8;/h1-2,4,7H,3,5-6H2,(H2,16,17)(H,18,21);1H.